The van der Waals surface area contributed by atoms with Gasteiger partial charge in [0.05, 0.1) is 16.6 Å². The number of benzene rings is 1. The van der Waals surface area contributed by atoms with Crippen LogP contribution < -0.4 is 15.3 Å². The first-order valence-corrected chi connectivity index (χ1v) is 10.6. The topological polar surface area (TPSA) is 76.4 Å². The fraction of sp³-hybridized carbons (Fsp3) is 0.455. The summed E-state index contributed by atoms with van der Waals surface area (Å²) < 4.78 is 7.59. The second-order valence-electron chi connectivity index (χ2n) is 8.13. The summed E-state index contributed by atoms with van der Waals surface area (Å²) in [5.41, 5.74) is 2.71. The molecule has 2 fully saturated rings. The Hall–Kier alpha value is -3.00. The molecule has 1 aliphatic heterocycles. The van der Waals surface area contributed by atoms with Crippen LogP contribution >= 0.6 is 0 Å². The molecule has 3 heterocycles. The summed E-state index contributed by atoms with van der Waals surface area (Å²) in [4.78, 5) is 29.4. The molecule has 3 aromatic rings. The number of hydrogen-bond donors (Lipinski definition) is 0. The maximum Gasteiger partial charge on any atom is 0.347 e. The molecule has 0 amide bonds. The monoisotopic (exact) mass is 406 g/mol. The van der Waals surface area contributed by atoms with Crippen molar-refractivity contribution < 1.29 is 4.74 Å². The van der Waals surface area contributed by atoms with Gasteiger partial charge in [-0.05, 0) is 43.5 Å². The molecule has 8 heteroatoms. The molecule has 2 aromatic heterocycles. The van der Waals surface area contributed by atoms with Crippen molar-refractivity contribution in [2.24, 2.45) is 7.05 Å². The van der Waals surface area contributed by atoms with Crippen LogP contribution in [0.1, 0.15) is 25.0 Å². The predicted molar refractivity (Wildman–Crippen MR) is 115 cm³/mol. The molecule has 1 saturated carbocycles. The van der Waals surface area contributed by atoms with Crippen LogP contribution in [0.4, 0.5) is 5.69 Å². The quantitative estimate of drug-likeness (QED) is 0.641. The van der Waals surface area contributed by atoms with Gasteiger partial charge in [0, 0.05) is 51.7 Å². The molecule has 0 atom stereocenters. The van der Waals surface area contributed by atoms with Gasteiger partial charge in [-0.2, -0.15) is 4.98 Å². The first kappa shape index (κ1) is 19.0. The normalized spacial score (nSPS) is 17.8. The van der Waals surface area contributed by atoms with Gasteiger partial charge < -0.3 is 14.2 Å². The lowest BCUT2D eigenvalue weighted by Crippen LogP contribution is -2.46. The second kappa shape index (κ2) is 8.02. The van der Waals surface area contributed by atoms with Crippen molar-refractivity contribution in [3.8, 4) is 5.88 Å². The van der Waals surface area contributed by atoms with E-state index in [1.807, 2.05) is 6.07 Å². The highest BCUT2D eigenvalue weighted by atomic mass is 16.5. The largest absolute Gasteiger partial charge is 0.474 e. The Kier molecular flexibility index (Phi) is 5.08. The van der Waals surface area contributed by atoms with E-state index >= 15 is 0 Å². The minimum Gasteiger partial charge on any atom is -0.474 e. The average Bonchev–Trinajstić information content (AvgIpc) is 2.74. The van der Waals surface area contributed by atoms with Crippen molar-refractivity contribution in [2.75, 3.05) is 31.1 Å². The Morgan fingerprint density at radius 1 is 1.10 bits per heavy atom. The van der Waals surface area contributed by atoms with E-state index in [0.29, 0.717) is 18.5 Å². The van der Waals surface area contributed by atoms with Gasteiger partial charge in [-0.15, -0.1) is 0 Å². The number of nitrogens with zero attached hydrogens (tertiary/aromatic N) is 6. The number of fused-ring (bicyclic) bond motifs is 1. The number of hydrogen-bond acceptors (Lipinski definition) is 7. The lowest BCUT2D eigenvalue weighted by molar-refractivity contribution is 0.116. The van der Waals surface area contributed by atoms with Gasteiger partial charge >= 0.3 is 5.69 Å². The Morgan fingerprint density at radius 2 is 1.93 bits per heavy atom. The predicted octanol–water partition coefficient (Wildman–Crippen LogP) is 1.98. The zero-order valence-electron chi connectivity index (χ0n) is 17.2. The fourth-order valence-corrected chi connectivity index (χ4v) is 3.94. The van der Waals surface area contributed by atoms with E-state index in [0.717, 1.165) is 55.6 Å². The van der Waals surface area contributed by atoms with Crippen molar-refractivity contribution in [1.29, 1.82) is 0 Å². The van der Waals surface area contributed by atoms with Crippen LogP contribution in [0.25, 0.3) is 10.9 Å². The van der Waals surface area contributed by atoms with Gasteiger partial charge in [0.1, 0.15) is 12.4 Å². The van der Waals surface area contributed by atoms with E-state index in [-0.39, 0.29) is 5.69 Å². The number of aryl methyl sites for hydroxylation is 1. The van der Waals surface area contributed by atoms with Crippen molar-refractivity contribution in [3.63, 3.8) is 0 Å². The summed E-state index contributed by atoms with van der Waals surface area (Å²) in [6, 6.07) is 8.25. The van der Waals surface area contributed by atoms with Crippen molar-refractivity contribution in [3.05, 3.63) is 53.0 Å². The van der Waals surface area contributed by atoms with Crippen LogP contribution in [0.5, 0.6) is 5.88 Å². The standard InChI is InChI=1S/C22H26N6O2/c1-26-8-7-16(25-22(26)29)14-27-9-11-28(12-10-27)17-5-6-20-19(13-17)21(24-15-23-20)30-18-3-2-4-18/h5-8,13,15,18H,2-4,9-12,14H2,1H3. The Balaban J connectivity index is 1.27. The van der Waals surface area contributed by atoms with Crippen LogP contribution in [0.2, 0.25) is 0 Å². The molecule has 0 spiro atoms. The van der Waals surface area contributed by atoms with Crippen LogP contribution in [0.15, 0.2) is 41.6 Å². The van der Waals surface area contributed by atoms with Gasteiger partial charge in [-0.1, -0.05) is 0 Å². The summed E-state index contributed by atoms with van der Waals surface area (Å²) in [5, 5.41) is 0.980. The molecule has 1 aromatic carbocycles. The maximum absolute atomic E-state index is 11.7. The van der Waals surface area contributed by atoms with E-state index in [1.54, 1.807) is 19.6 Å². The van der Waals surface area contributed by atoms with Crippen molar-refractivity contribution in [2.45, 2.75) is 31.9 Å². The molecule has 5 rings (SSSR count). The van der Waals surface area contributed by atoms with E-state index < -0.39 is 0 Å². The Morgan fingerprint density at radius 3 is 2.67 bits per heavy atom. The number of anilines is 1. The molecule has 8 nitrogen and oxygen atoms in total. The average molecular weight is 406 g/mol. The van der Waals surface area contributed by atoms with E-state index in [9.17, 15) is 4.79 Å². The molecule has 156 valence electrons. The SMILES string of the molecule is Cn1ccc(CN2CCN(c3ccc4ncnc(OC5CCC5)c4c3)CC2)nc1=O. The van der Waals surface area contributed by atoms with E-state index in [4.69, 9.17) is 4.74 Å². The third-order valence-corrected chi connectivity index (χ3v) is 6.07. The minimum absolute atomic E-state index is 0.204. The van der Waals surface area contributed by atoms with Gasteiger partial charge in [-0.25, -0.2) is 14.8 Å². The molecule has 0 radical (unpaired) electrons. The van der Waals surface area contributed by atoms with Crippen molar-refractivity contribution >= 4 is 16.6 Å². The summed E-state index contributed by atoms with van der Waals surface area (Å²) >= 11 is 0. The molecule has 30 heavy (non-hydrogen) atoms. The molecule has 1 saturated heterocycles. The summed E-state index contributed by atoms with van der Waals surface area (Å²) in [5.74, 6) is 0.696. The molecular formula is C22H26N6O2. The smallest absolute Gasteiger partial charge is 0.347 e. The Labute approximate surface area is 175 Å². The third kappa shape index (κ3) is 3.87. The fourth-order valence-electron chi connectivity index (χ4n) is 3.94. The molecule has 1 aliphatic carbocycles. The summed E-state index contributed by atoms with van der Waals surface area (Å²) in [6.07, 6.45) is 7.10. The highest BCUT2D eigenvalue weighted by Crippen LogP contribution is 2.31. The number of aromatic nitrogens is 4. The maximum atomic E-state index is 11.7. The highest BCUT2D eigenvalue weighted by Gasteiger charge is 2.22. The Bertz CT molecular complexity index is 1100. The van der Waals surface area contributed by atoms with E-state index in [2.05, 4.69) is 43.0 Å². The van der Waals surface area contributed by atoms with Gasteiger partial charge in [0.25, 0.3) is 0 Å². The highest BCUT2D eigenvalue weighted by molar-refractivity contribution is 5.86. The number of rotatable bonds is 5. The molecular weight excluding hydrogens is 380 g/mol. The molecule has 2 aliphatic rings. The van der Waals surface area contributed by atoms with Gasteiger partial charge in [0.15, 0.2) is 0 Å². The zero-order valence-corrected chi connectivity index (χ0v) is 17.2. The van der Waals surface area contributed by atoms with Crippen LogP contribution in [0, 0.1) is 0 Å². The van der Waals surface area contributed by atoms with Gasteiger partial charge in [-0.3, -0.25) is 4.90 Å². The molecule has 0 N–H and O–H groups in total. The second-order valence-corrected chi connectivity index (χ2v) is 8.13. The first-order chi connectivity index (χ1) is 14.7. The van der Waals surface area contributed by atoms with Crippen LogP contribution in [0.3, 0.4) is 0 Å². The van der Waals surface area contributed by atoms with Crippen LogP contribution in [-0.4, -0.2) is 56.7 Å². The summed E-state index contributed by atoms with van der Waals surface area (Å²) in [7, 11) is 1.72. The van der Waals surface area contributed by atoms with Crippen molar-refractivity contribution in [1.82, 2.24) is 24.4 Å². The lowest BCUT2D eigenvalue weighted by atomic mass is 9.96. The summed E-state index contributed by atoms with van der Waals surface area (Å²) in [6.45, 7) is 4.39. The molecule has 0 unspecified atom stereocenters. The number of ether oxygens (including phenoxy) is 1. The lowest BCUT2D eigenvalue weighted by Gasteiger charge is -2.36. The van der Waals surface area contributed by atoms with Gasteiger partial charge in [0.2, 0.25) is 5.88 Å². The van der Waals surface area contributed by atoms with E-state index in [1.165, 1.54) is 16.7 Å². The van der Waals surface area contributed by atoms with Crippen LogP contribution in [-0.2, 0) is 13.6 Å². The molecule has 0 bridgehead atoms. The first-order valence-electron chi connectivity index (χ1n) is 10.6. The number of piperazine rings is 1. The third-order valence-electron chi connectivity index (χ3n) is 6.07. The minimum atomic E-state index is -0.204. The zero-order chi connectivity index (χ0) is 20.5.